The standard InChI is InChI=1S/C20H21N5O4/c1-13-9-11-20(12-10-13)18(28)25(19(29)21-20)23-17(27)15-7-8-16(26)24(22-15)14-5-3-2-4-6-14/h2-8,13H,9-12H2,1H3,(H,21,29)(H,23,27). The Balaban J connectivity index is 1.55. The highest BCUT2D eigenvalue weighted by molar-refractivity contribution is 6.09. The molecular weight excluding hydrogens is 374 g/mol. The minimum absolute atomic E-state index is 0.0905. The first kappa shape index (κ1) is 18.9. The zero-order valence-electron chi connectivity index (χ0n) is 15.9. The first-order valence-corrected chi connectivity index (χ1v) is 9.53. The van der Waals surface area contributed by atoms with Crippen molar-refractivity contribution in [3.63, 3.8) is 0 Å². The molecule has 2 aliphatic rings. The third kappa shape index (κ3) is 3.39. The van der Waals surface area contributed by atoms with Crippen molar-refractivity contribution in [2.24, 2.45) is 5.92 Å². The number of carbonyl (C=O) groups excluding carboxylic acids is 3. The molecule has 29 heavy (non-hydrogen) atoms. The molecule has 2 heterocycles. The van der Waals surface area contributed by atoms with Crippen molar-refractivity contribution in [2.45, 2.75) is 38.1 Å². The van der Waals surface area contributed by atoms with Crippen LogP contribution in [0.4, 0.5) is 4.79 Å². The highest BCUT2D eigenvalue weighted by Gasteiger charge is 2.53. The Kier molecular flexibility index (Phi) is 4.65. The number of urea groups is 1. The number of para-hydroxylation sites is 1. The highest BCUT2D eigenvalue weighted by atomic mass is 16.2. The summed E-state index contributed by atoms with van der Waals surface area (Å²) < 4.78 is 1.09. The molecule has 150 valence electrons. The van der Waals surface area contributed by atoms with Gasteiger partial charge in [-0.15, -0.1) is 0 Å². The number of hydrogen-bond acceptors (Lipinski definition) is 5. The van der Waals surface area contributed by atoms with Gasteiger partial charge in [-0.2, -0.15) is 14.8 Å². The van der Waals surface area contributed by atoms with Crippen molar-refractivity contribution in [3.05, 3.63) is 58.5 Å². The van der Waals surface area contributed by atoms with Crippen LogP contribution < -0.4 is 16.3 Å². The predicted molar refractivity (Wildman–Crippen MR) is 103 cm³/mol. The molecule has 0 radical (unpaired) electrons. The number of rotatable bonds is 3. The zero-order chi connectivity index (χ0) is 20.6. The van der Waals surface area contributed by atoms with Gasteiger partial charge in [-0.1, -0.05) is 25.1 Å². The van der Waals surface area contributed by atoms with Crippen molar-refractivity contribution >= 4 is 17.8 Å². The maximum absolute atomic E-state index is 12.9. The Labute approximate surface area is 166 Å². The lowest BCUT2D eigenvalue weighted by Gasteiger charge is -2.33. The van der Waals surface area contributed by atoms with Crippen molar-refractivity contribution in [3.8, 4) is 5.69 Å². The van der Waals surface area contributed by atoms with Gasteiger partial charge in [-0.25, -0.2) is 4.79 Å². The summed E-state index contributed by atoms with van der Waals surface area (Å²) >= 11 is 0. The van der Waals surface area contributed by atoms with E-state index in [0.29, 0.717) is 24.4 Å². The monoisotopic (exact) mass is 395 g/mol. The van der Waals surface area contributed by atoms with Crippen LogP contribution in [-0.2, 0) is 4.79 Å². The molecule has 1 spiro atoms. The van der Waals surface area contributed by atoms with Crippen LogP contribution in [0.2, 0.25) is 0 Å². The molecule has 1 aliphatic heterocycles. The van der Waals surface area contributed by atoms with Crippen LogP contribution in [0.25, 0.3) is 5.69 Å². The van der Waals surface area contributed by atoms with Gasteiger partial charge in [0.25, 0.3) is 17.4 Å². The maximum atomic E-state index is 12.9. The van der Waals surface area contributed by atoms with Crippen molar-refractivity contribution in [2.75, 3.05) is 0 Å². The van der Waals surface area contributed by atoms with E-state index in [2.05, 4.69) is 22.8 Å². The largest absolute Gasteiger partial charge is 0.344 e. The van der Waals surface area contributed by atoms with Crippen LogP contribution in [0.5, 0.6) is 0 Å². The van der Waals surface area contributed by atoms with Gasteiger partial charge in [0.05, 0.1) is 5.69 Å². The molecular formula is C20H21N5O4. The summed E-state index contributed by atoms with van der Waals surface area (Å²) in [6.45, 7) is 2.11. The lowest BCUT2D eigenvalue weighted by atomic mass is 9.77. The van der Waals surface area contributed by atoms with E-state index in [1.165, 1.54) is 12.1 Å². The van der Waals surface area contributed by atoms with Crippen molar-refractivity contribution < 1.29 is 14.4 Å². The number of carbonyl (C=O) groups is 3. The Morgan fingerprint density at radius 3 is 2.48 bits per heavy atom. The molecule has 1 saturated heterocycles. The van der Waals surface area contributed by atoms with Gasteiger partial charge < -0.3 is 5.32 Å². The molecule has 1 aromatic heterocycles. The van der Waals surface area contributed by atoms with Gasteiger partial charge in [0, 0.05) is 6.07 Å². The molecule has 0 atom stereocenters. The molecule has 9 nitrogen and oxygen atoms in total. The minimum atomic E-state index is -0.951. The molecule has 1 aliphatic carbocycles. The second-order valence-corrected chi connectivity index (χ2v) is 7.58. The normalized spacial score (nSPS) is 23.9. The van der Waals surface area contributed by atoms with Gasteiger partial charge in [-0.05, 0) is 49.8 Å². The summed E-state index contributed by atoms with van der Waals surface area (Å²) in [6, 6.07) is 10.5. The summed E-state index contributed by atoms with van der Waals surface area (Å²) in [5, 5.41) is 7.53. The first-order valence-electron chi connectivity index (χ1n) is 9.53. The number of nitrogens with one attached hydrogen (secondary N) is 2. The number of amides is 4. The van der Waals surface area contributed by atoms with E-state index in [1.54, 1.807) is 30.3 Å². The third-order valence-corrected chi connectivity index (χ3v) is 5.54. The summed E-state index contributed by atoms with van der Waals surface area (Å²) in [7, 11) is 0. The van der Waals surface area contributed by atoms with Gasteiger partial charge >= 0.3 is 6.03 Å². The number of imide groups is 1. The number of hydrazine groups is 1. The Morgan fingerprint density at radius 2 is 1.79 bits per heavy atom. The van der Waals surface area contributed by atoms with Gasteiger partial charge in [0.15, 0.2) is 5.69 Å². The molecule has 1 saturated carbocycles. The average Bonchev–Trinajstić information content (AvgIpc) is 2.95. The summed E-state index contributed by atoms with van der Waals surface area (Å²) in [6.07, 6.45) is 2.75. The molecule has 9 heteroatoms. The number of hydrogen-bond donors (Lipinski definition) is 2. The topological polar surface area (TPSA) is 113 Å². The lowest BCUT2D eigenvalue weighted by Crippen LogP contribution is -2.51. The predicted octanol–water partition coefficient (Wildman–Crippen LogP) is 1.38. The Hall–Kier alpha value is -3.49. The molecule has 4 amide bonds. The van der Waals surface area contributed by atoms with Crippen LogP contribution in [0.15, 0.2) is 47.3 Å². The van der Waals surface area contributed by atoms with Gasteiger partial charge in [0.1, 0.15) is 5.54 Å². The van der Waals surface area contributed by atoms with E-state index >= 15 is 0 Å². The Morgan fingerprint density at radius 1 is 1.10 bits per heavy atom. The van der Waals surface area contributed by atoms with Crippen molar-refractivity contribution in [1.29, 1.82) is 0 Å². The van der Waals surface area contributed by atoms with Crippen molar-refractivity contribution in [1.82, 2.24) is 25.5 Å². The maximum Gasteiger partial charge on any atom is 0.344 e. The lowest BCUT2D eigenvalue weighted by molar-refractivity contribution is -0.134. The molecule has 0 bridgehead atoms. The highest BCUT2D eigenvalue weighted by Crippen LogP contribution is 2.35. The minimum Gasteiger partial charge on any atom is -0.322 e. The van der Waals surface area contributed by atoms with E-state index in [9.17, 15) is 19.2 Å². The second kappa shape index (κ2) is 7.16. The Bertz CT molecular complexity index is 1020. The van der Waals surface area contributed by atoms with Crippen LogP contribution in [0.1, 0.15) is 43.1 Å². The first-order chi connectivity index (χ1) is 13.9. The molecule has 1 aromatic carbocycles. The van der Waals surface area contributed by atoms with Gasteiger partial charge in [-0.3, -0.25) is 19.8 Å². The number of aromatic nitrogens is 2. The van der Waals surface area contributed by atoms with Gasteiger partial charge in [0.2, 0.25) is 0 Å². The van der Waals surface area contributed by atoms with E-state index < -0.39 is 28.9 Å². The summed E-state index contributed by atoms with van der Waals surface area (Å²) in [4.78, 5) is 50.0. The summed E-state index contributed by atoms with van der Waals surface area (Å²) in [5.41, 5.74) is 1.38. The van der Waals surface area contributed by atoms with Crippen LogP contribution in [0, 0.1) is 5.92 Å². The fourth-order valence-corrected chi connectivity index (χ4v) is 3.76. The van der Waals surface area contributed by atoms with Crippen LogP contribution in [-0.4, -0.2) is 38.2 Å². The fraction of sp³-hybridized carbons (Fsp3) is 0.350. The van der Waals surface area contributed by atoms with E-state index in [-0.39, 0.29) is 5.69 Å². The molecule has 2 N–H and O–H groups in total. The molecule has 2 fully saturated rings. The van der Waals surface area contributed by atoms with Crippen LogP contribution in [0.3, 0.4) is 0 Å². The quantitative estimate of drug-likeness (QED) is 0.762. The molecule has 4 rings (SSSR count). The van der Waals surface area contributed by atoms with E-state index in [1.807, 2.05) is 0 Å². The number of nitrogens with zero attached hydrogens (tertiary/aromatic N) is 3. The SMILES string of the molecule is CC1CCC2(CC1)NC(=O)N(NC(=O)c1ccc(=O)n(-c3ccccc3)n1)C2=O. The second-order valence-electron chi connectivity index (χ2n) is 7.58. The molecule has 2 aromatic rings. The van der Waals surface area contributed by atoms with E-state index in [0.717, 1.165) is 22.5 Å². The smallest absolute Gasteiger partial charge is 0.322 e. The number of benzene rings is 1. The summed E-state index contributed by atoms with van der Waals surface area (Å²) in [5.74, 6) is -0.712. The zero-order valence-corrected chi connectivity index (χ0v) is 15.9. The fourth-order valence-electron chi connectivity index (χ4n) is 3.76. The molecule has 0 unspecified atom stereocenters. The van der Waals surface area contributed by atoms with E-state index in [4.69, 9.17) is 0 Å². The van der Waals surface area contributed by atoms with Crippen LogP contribution >= 0.6 is 0 Å². The average molecular weight is 395 g/mol. The third-order valence-electron chi connectivity index (χ3n) is 5.54.